The molecule has 4 rings (SSSR count). The number of rotatable bonds is 6. The number of anilines is 2. The summed E-state index contributed by atoms with van der Waals surface area (Å²) in [7, 11) is 0. The van der Waals surface area contributed by atoms with Crippen molar-refractivity contribution in [2.75, 3.05) is 10.2 Å². The molecule has 7 nitrogen and oxygen atoms in total. The van der Waals surface area contributed by atoms with Crippen molar-refractivity contribution < 1.29 is 18.8 Å². The number of imide groups is 1. The number of carbonyl (C=O) groups excluding carboxylic acids is 3. The van der Waals surface area contributed by atoms with Crippen molar-refractivity contribution in [3.05, 3.63) is 91.9 Å². The van der Waals surface area contributed by atoms with Gasteiger partial charge in [0.15, 0.2) is 0 Å². The van der Waals surface area contributed by atoms with Crippen LogP contribution in [-0.4, -0.2) is 17.7 Å². The van der Waals surface area contributed by atoms with Gasteiger partial charge in [-0.25, -0.2) is 4.90 Å². The van der Waals surface area contributed by atoms with Crippen molar-refractivity contribution in [2.24, 2.45) is 0 Å². The van der Waals surface area contributed by atoms with Crippen LogP contribution in [-0.2, 0) is 16.1 Å². The summed E-state index contributed by atoms with van der Waals surface area (Å²) in [5, 5.41) is 5.59. The maximum Gasteiger partial charge on any atom is 0.283 e. The Labute approximate surface area is 207 Å². The number of benzene rings is 2. The molecule has 3 aromatic rings. The molecule has 0 saturated carbocycles. The van der Waals surface area contributed by atoms with Crippen LogP contribution in [0.15, 0.2) is 69.9 Å². The van der Waals surface area contributed by atoms with E-state index >= 15 is 0 Å². The van der Waals surface area contributed by atoms with Gasteiger partial charge < -0.3 is 15.1 Å². The van der Waals surface area contributed by atoms with Gasteiger partial charge in [0, 0.05) is 11.3 Å². The maximum atomic E-state index is 12.9. The quantitative estimate of drug-likeness (QED) is 0.323. The van der Waals surface area contributed by atoms with Crippen LogP contribution in [0.25, 0.3) is 0 Å². The van der Waals surface area contributed by atoms with Gasteiger partial charge in [-0.05, 0) is 48.5 Å². The van der Waals surface area contributed by atoms with Gasteiger partial charge >= 0.3 is 0 Å². The van der Waals surface area contributed by atoms with E-state index < -0.39 is 11.8 Å². The Kier molecular flexibility index (Phi) is 6.67. The molecule has 168 valence electrons. The molecule has 0 unspecified atom stereocenters. The molecule has 3 amide bonds. The average molecular weight is 525 g/mol. The lowest BCUT2D eigenvalue weighted by Crippen LogP contribution is -2.32. The summed E-state index contributed by atoms with van der Waals surface area (Å²) in [5.41, 5.74) is 0.748. The maximum absolute atomic E-state index is 12.9. The summed E-state index contributed by atoms with van der Waals surface area (Å²) in [5.74, 6) is -1.16. The van der Waals surface area contributed by atoms with Crippen molar-refractivity contribution in [1.82, 2.24) is 5.32 Å². The molecule has 11 heteroatoms. The van der Waals surface area contributed by atoms with E-state index in [1.807, 2.05) is 0 Å². The third-order valence-electron chi connectivity index (χ3n) is 4.68. The van der Waals surface area contributed by atoms with Gasteiger partial charge in [-0.3, -0.25) is 14.4 Å². The molecule has 2 N–H and O–H groups in total. The predicted molar refractivity (Wildman–Crippen MR) is 127 cm³/mol. The summed E-state index contributed by atoms with van der Waals surface area (Å²) >= 11 is 24.2. The van der Waals surface area contributed by atoms with Crippen LogP contribution in [0.5, 0.6) is 0 Å². The van der Waals surface area contributed by atoms with E-state index in [-0.39, 0.29) is 43.9 Å². The van der Waals surface area contributed by atoms with Gasteiger partial charge in [0.25, 0.3) is 17.7 Å². The van der Waals surface area contributed by atoms with Gasteiger partial charge in [-0.15, -0.1) is 0 Å². The first-order valence-corrected chi connectivity index (χ1v) is 10.9. The van der Waals surface area contributed by atoms with Crippen molar-refractivity contribution in [3.63, 3.8) is 0 Å². The molecule has 0 bridgehead atoms. The third kappa shape index (κ3) is 4.72. The van der Waals surface area contributed by atoms with Crippen LogP contribution in [0.1, 0.15) is 16.1 Å². The van der Waals surface area contributed by atoms with E-state index in [4.69, 9.17) is 50.8 Å². The minimum atomic E-state index is -0.765. The Balaban J connectivity index is 1.48. The molecule has 1 aliphatic heterocycles. The average Bonchev–Trinajstić information content (AvgIpc) is 3.39. The second-order valence-electron chi connectivity index (χ2n) is 6.82. The van der Waals surface area contributed by atoms with Crippen molar-refractivity contribution >= 4 is 75.5 Å². The molecule has 2 heterocycles. The second-order valence-corrected chi connectivity index (χ2v) is 8.42. The number of furan rings is 1. The van der Waals surface area contributed by atoms with E-state index in [0.717, 1.165) is 4.90 Å². The summed E-state index contributed by atoms with van der Waals surface area (Å²) in [6, 6.07) is 12.4. The molecular formula is C22H13Cl4N3O4. The summed E-state index contributed by atoms with van der Waals surface area (Å²) in [4.78, 5) is 38.7. The smallest absolute Gasteiger partial charge is 0.283 e. The highest BCUT2D eigenvalue weighted by atomic mass is 35.5. The topological polar surface area (TPSA) is 91.7 Å². The summed E-state index contributed by atoms with van der Waals surface area (Å²) in [6.45, 7) is 0.248. The van der Waals surface area contributed by atoms with E-state index in [9.17, 15) is 14.4 Å². The Bertz CT molecular complexity index is 1290. The van der Waals surface area contributed by atoms with Crippen molar-refractivity contribution in [1.29, 1.82) is 0 Å². The van der Waals surface area contributed by atoms with E-state index in [1.165, 1.54) is 18.4 Å². The molecule has 0 saturated heterocycles. The van der Waals surface area contributed by atoms with Gasteiger partial charge in [0.2, 0.25) is 0 Å². The molecular weight excluding hydrogens is 512 g/mol. The Morgan fingerprint density at radius 3 is 2.27 bits per heavy atom. The number of amides is 3. The second kappa shape index (κ2) is 9.49. The van der Waals surface area contributed by atoms with Crippen LogP contribution >= 0.6 is 46.4 Å². The first-order valence-electron chi connectivity index (χ1n) is 9.37. The zero-order valence-corrected chi connectivity index (χ0v) is 19.5. The van der Waals surface area contributed by atoms with E-state index in [2.05, 4.69) is 10.6 Å². The van der Waals surface area contributed by atoms with Crippen molar-refractivity contribution in [3.8, 4) is 0 Å². The molecule has 1 aromatic heterocycles. The predicted octanol–water partition coefficient (Wildman–Crippen LogP) is 5.61. The minimum absolute atomic E-state index is 0.0552. The number of halogens is 4. The monoisotopic (exact) mass is 523 g/mol. The van der Waals surface area contributed by atoms with Crippen LogP contribution in [0, 0.1) is 0 Å². The molecule has 0 radical (unpaired) electrons. The Hall–Kier alpha value is -2.97. The van der Waals surface area contributed by atoms with Crippen LogP contribution in [0.2, 0.25) is 15.1 Å². The largest absolute Gasteiger partial charge is 0.467 e. The lowest BCUT2D eigenvalue weighted by molar-refractivity contribution is -0.120. The first-order chi connectivity index (χ1) is 15.8. The zero-order valence-electron chi connectivity index (χ0n) is 16.5. The lowest BCUT2D eigenvalue weighted by atomic mass is 10.2. The van der Waals surface area contributed by atoms with Crippen LogP contribution in [0.4, 0.5) is 11.4 Å². The van der Waals surface area contributed by atoms with Gasteiger partial charge in [-0.2, -0.15) is 0 Å². The fourth-order valence-electron chi connectivity index (χ4n) is 3.05. The molecule has 2 aromatic carbocycles. The SMILES string of the molecule is O=C(NCc1ccco1)c1ccc(NC2=C(Cl)C(=O)N(c3cc(Cl)c(Cl)cc3Cl)C2=O)cc1. The fourth-order valence-corrected chi connectivity index (χ4v) is 3.88. The molecule has 0 aliphatic carbocycles. The van der Waals surface area contributed by atoms with Gasteiger partial charge in [0.05, 0.1) is 33.6 Å². The number of nitrogens with zero attached hydrogens (tertiary/aromatic N) is 1. The fraction of sp³-hybridized carbons (Fsp3) is 0.0455. The lowest BCUT2D eigenvalue weighted by Gasteiger charge is -2.17. The number of hydrogen-bond acceptors (Lipinski definition) is 5. The number of nitrogens with one attached hydrogen (secondary N) is 2. The first kappa shape index (κ1) is 23.2. The normalized spacial score (nSPS) is 13.6. The van der Waals surface area contributed by atoms with E-state index in [1.54, 1.807) is 36.4 Å². The summed E-state index contributed by atoms with van der Waals surface area (Å²) in [6.07, 6.45) is 1.52. The molecule has 0 atom stereocenters. The highest BCUT2D eigenvalue weighted by Crippen LogP contribution is 2.38. The third-order valence-corrected chi connectivity index (χ3v) is 6.05. The van der Waals surface area contributed by atoms with E-state index in [0.29, 0.717) is 17.0 Å². The Morgan fingerprint density at radius 1 is 0.909 bits per heavy atom. The van der Waals surface area contributed by atoms with Gasteiger partial charge in [0.1, 0.15) is 16.5 Å². The molecule has 0 fully saturated rings. The molecule has 1 aliphatic rings. The highest BCUT2D eigenvalue weighted by molar-refractivity contribution is 6.54. The number of hydrogen-bond donors (Lipinski definition) is 2. The minimum Gasteiger partial charge on any atom is -0.467 e. The van der Waals surface area contributed by atoms with Crippen molar-refractivity contribution in [2.45, 2.75) is 6.54 Å². The van der Waals surface area contributed by atoms with Crippen LogP contribution in [0.3, 0.4) is 0 Å². The Morgan fingerprint density at radius 2 is 1.61 bits per heavy atom. The number of carbonyl (C=O) groups is 3. The van der Waals surface area contributed by atoms with Gasteiger partial charge in [-0.1, -0.05) is 46.4 Å². The highest BCUT2D eigenvalue weighted by Gasteiger charge is 2.40. The molecule has 0 spiro atoms. The molecule has 33 heavy (non-hydrogen) atoms. The zero-order chi connectivity index (χ0) is 23.7. The summed E-state index contributed by atoms with van der Waals surface area (Å²) < 4.78 is 5.17. The standard InChI is InChI=1S/C22H13Cl4N3O4/c23-14-8-16(25)17(9-15(14)24)29-21(31)18(26)19(22(29)32)28-12-5-3-11(4-6-12)20(30)27-10-13-2-1-7-33-13/h1-9,28H,10H2,(H,27,30). The van der Waals surface area contributed by atoms with Crippen LogP contribution < -0.4 is 15.5 Å².